The van der Waals surface area contributed by atoms with Gasteiger partial charge in [-0.3, -0.25) is 0 Å². The van der Waals surface area contributed by atoms with Crippen molar-refractivity contribution < 1.29 is 4.74 Å². The Morgan fingerprint density at radius 1 is 1.30 bits per heavy atom. The van der Waals surface area contributed by atoms with E-state index in [0.717, 1.165) is 42.9 Å². The highest BCUT2D eigenvalue weighted by atomic mass is 16.5. The fourth-order valence-corrected chi connectivity index (χ4v) is 2.62. The van der Waals surface area contributed by atoms with Crippen LogP contribution in [0.25, 0.3) is 11.3 Å². The summed E-state index contributed by atoms with van der Waals surface area (Å²) in [5.74, 6) is 0. The molecule has 1 aliphatic rings. The quantitative estimate of drug-likeness (QED) is 0.875. The van der Waals surface area contributed by atoms with Crippen LogP contribution in [0.5, 0.6) is 0 Å². The molecule has 2 heterocycles. The van der Waals surface area contributed by atoms with E-state index in [1.165, 1.54) is 0 Å². The topological polar surface area (TPSA) is 62.8 Å². The van der Waals surface area contributed by atoms with Crippen LogP contribution in [0, 0.1) is 0 Å². The minimum absolute atomic E-state index is 0.0311. The molecule has 20 heavy (non-hydrogen) atoms. The van der Waals surface area contributed by atoms with Gasteiger partial charge in [-0.05, 0) is 19.8 Å². The van der Waals surface area contributed by atoms with Crippen LogP contribution in [0.15, 0.2) is 30.3 Å². The smallest absolute Gasteiger partial charge is 0.117 e. The number of nitrogens with one attached hydrogen (secondary N) is 2. The van der Waals surface area contributed by atoms with E-state index in [0.29, 0.717) is 6.54 Å². The van der Waals surface area contributed by atoms with Gasteiger partial charge in [-0.2, -0.15) is 15.4 Å². The van der Waals surface area contributed by atoms with Gasteiger partial charge in [0.2, 0.25) is 0 Å². The molecule has 1 atom stereocenters. The molecule has 1 unspecified atom stereocenters. The number of ether oxygens (including phenoxy) is 1. The van der Waals surface area contributed by atoms with Gasteiger partial charge in [-0.15, -0.1) is 0 Å². The van der Waals surface area contributed by atoms with Gasteiger partial charge in [-0.25, -0.2) is 0 Å². The van der Waals surface area contributed by atoms with E-state index in [9.17, 15) is 0 Å². The molecule has 2 N–H and O–H groups in total. The minimum Gasteiger partial charge on any atom is -0.374 e. The Labute approximate surface area is 118 Å². The lowest BCUT2D eigenvalue weighted by Gasteiger charge is -2.23. The van der Waals surface area contributed by atoms with Crippen LogP contribution in [0.2, 0.25) is 0 Å². The average Bonchev–Trinajstić information content (AvgIpc) is 3.10. The predicted molar refractivity (Wildman–Crippen MR) is 77.1 cm³/mol. The summed E-state index contributed by atoms with van der Waals surface area (Å²) in [5, 5.41) is 14.6. The highest BCUT2D eigenvalue weighted by Gasteiger charge is 2.29. The molecule has 0 saturated carbocycles. The van der Waals surface area contributed by atoms with Gasteiger partial charge in [0.1, 0.15) is 11.4 Å². The van der Waals surface area contributed by atoms with Crippen LogP contribution in [0.4, 0.5) is 0 Å². The van der Waals surface area contributed by atoms with Gasteiger partial charge in [0.05, 0.1) is 5.60 Å². The maximum atomic E-state index is 5.77. The summed E-state index contributed by atoms with van der Waals surface area (Å²) in [6.07, 6.45) is 2.27. The molecule has 1 aromatic heterocycles. The maximum Gasteiger partial charge on any atom is 0.117 e. The van der Waals surface area contributed by atoms with E-state index < -0.39 is 0 Å². The number of hydrogen-bond donors (Lipinski definition) is 2. The highest BCUT2D eigenvalue weighted by molar-refractivity contribution is 5.60. The fraction of sp³-hybridized carbons (Fsp3) is 0.467. The standard InChI is InChI=1S/C15H20N4O/c1-15(8-5-9-20-15)11-16-10-13-14(18-19-17-13)12-6-3-2-4-7-12/h2-4,6-7,16H,5,8-11H2,1H3,(H,17,18,19). The number of H-pyrrole nitrogens is 1. The summed E-state index contributed by atoms with van der Waals surface area (Å²) < 4.78 is 5.77. The van der Waals surface area contributed by atoms with Gasteiger partial charge < -0.3 is 10.1 Å². The molecular weight excluding hydrogens is 252 g/mol. The van der Waals surface area contributed by atoms with Crippen molar-refractivity contribution >= 4 is 0 Å². The van der Waals surface area contributed by atoms with Gasteiger partial charge in [0, 0.05) is 25.3 Å². The third kappa shape index (κ3) is 2.89. The Morgan fingerprint density at radius 2 is 2.15 bits per heavy atom. The van der Waals surface area contributed by atoms with E-state index in [1.807, 2.05) is 30.3 Å². The van der Waals surface area contributed by atoms with E-state index in [-0.39, 0.29) is 5.60 Å². The van der Waals surface area contributed by atoms with Gasteiger partial charge in [0.15, 0.2) is 0 Å². The summed E-state index contributed by atoms with van der Waals surface area (Å²) in [7, 11) is 0. The molecule has 0 aliphatic carbocycles. The highest BCUT2D eigenvalue weighted by Crippen LogP contribution is 2.24. The minimum atomic E-state index is -0.0311. The number of aromatic amines is 1. The van der Waals surface area contributed by atoms with Crippen molar-refractivity contribution in [1.29, 1.82) is 0 Å². The molecule has 1 saturated heterocycles. The Hall–Kier alpha value is -1.72. The number of nitrogens with zero attached hydrogens (tertiary/aromatic N) is 2. The summed E-state index contributed by atoms with van der Waals surface area (Å²) in [6, 6.07) is 10.1. The molecule has 5 nitrogen and oxygen atoms in total. The van der Waals surface area contributed by atoms with Crippen LogP contribution in [0.1, 0.15) is 25.5 Å². The Kier molecular flexibility index (Phi) is 3.80. The van der Waals surface area contributed by atoms with E-state index in [4.69, 9.17) is 4.74 Å². The first-order chi connectivity index (χ1) is 9.77. The Morgan fingerprint density at radius 3 is 2.90 bits per heavy atom. The molecule has 1 fully saturated rings. The van der Waals surface area contributed by atoms with Crippen LogP contribution >= 0.6 is 0 Å². The zero-order chi connectivity index (χ0) is 13.8. The molecule has 5 heteroatoms. The largest absolute Gasteiger partial charge is 0.374 e. The lowest BCUT2D eigenvalue weighted by molar-refractivity contribution is 0.0206. The molecule has 0 spiro atoms. The first-order valence-electron chi connectivity index (χ1n) is 7.07. The summed E-state index contributed by atoms with van der Waals surface area (Å²) in [6.45, 7) is 4.57. The van der Waals surface area contributed by atoms with Crippen LogP contribution in [0.3, 0.4) is 0 Å². The Bertz CT molecular complexity index is 546. The fourth-order valence-electron chi connectivity index (χ4n) is 2.62. The van der Waals surface area contributed by atoms with E-state index in [2.05, 4.69) is 27.7 Å². The first-order valence-corrected chi connectivity index (χ1v) is 7.07. The summed E-state index contributed by atoms with van der Waals surface area (Å²) in [4.78, 5) is 0. The second kappa shape index (κ2) is 5.73. The number of hydrogen-bond acceptors (Lipinski definition) is 4. The Balaban J connectivity index is 1.63. The monoisotopic (exact) mass is 272 g/mol. The normalized spacial score (nSPS) is 22.2. The van der Waals surface area contributed by atoms with Crippen molar-refractivity contribution in [2.45, 2.75) is 31.9 Å². The van der Waals surface area contributed by atoms with Gasteiger partial charge >= 0.3 is 0 Å². The molecule has 0 radical (unpaired) electrons. The van der Waals surface area contributed by atoms with E-state index in [1.54, 1.807) is 0 Å². The van der Waals surface area contributed by atoms with Crippen molar-refractivity contribution in [2.24, 2.45) is 0 Å². The van der Waals surface area contributed by atoms with Crippen LogP contribution < -0.4 is 5.32 Å². The molecular formula is C15H20N4O. The predicted octanol–water partition coefficient (Wildman–Crippen LogP) is 2.13. The zero-order valence-electron chi connectivity index (χ0n) is 11.7. The second-order valence-electron chi connectivity index (χ2n) is 5.49. The molecule has 106 valence electrons. The molecule has 1 aliphatic heterocycles. The maximum absolute atomic E-state index is 5.77. The molecule has 0 bridgehead atoms. The van der Waals surface area contributed by atoms with Crippen LogP contribution in [-0.2, 0) is 11.3 Å². The third-order valence-corrected chi connectivity index (χ3v) is 3.76. The first kappa shape index (κ1) is 13.3. The lowest BCUT2D eigenvalue weighted by atomic mass is 10.0. The van der Waals surface area contributed by atoms with Crippen molar-refractivity contribution in [3.8, 4) is 11.3 Å². The number of rotatable bonds is 5. The zero-order valence-corrected chi connectivity index (χ0v) is 11.7. The summed E-state index contributed by atoms with van der Waals surface area (Å²) in [5.41, 5.74) is 2.91. The SMILES string of the molecule is CC1(CNCc2n[nH]nc2-c2ccccc2)CCCO1. The second-order valence-corrected chi connectivity index (χ2v) is 5.49. The van der Waals surface area contributed by atoms with Gasteiger partial charge in [0.25, 0.3) is 0 Å². The van der Waals surface area contributed by atoms with Crippen LogP contribution in [-0.4, -0.2) is 34.2 Å². The van der Waals surface area contributed by atoms with Crippen molar-refractivity contribution in [1.82, 2.24) is 20.7 Å². The molecule has 3 rings (SSSR count). The lowest BCUT2D eigenvalue weighted by Crippen LogP contribution is -2.36. The van der Waals surface area contributed by atoms with E-state index >= 15 is 0 Å². The van der Waals surface area contributed by atoms with Crippen molar-refractivity contribution in [3.05, 3.63) is 36.0 Å². The molecule has 0 amide bonds. The van der Waals surface area contributed by atoms with Crippen molar-refractivity contribution in [3.63, 3.8) is 0 Å². The third-order valence-electron chi connectivity index (χ3n) is 3.76. The number of benzene rings is 1. The van der Waals surface area contributed by atoms with Crippen molar-refractivity contribution in [2.75, 3.05) is 13.2 Å². The average molecular weight is 272 g/mol. The number of aromatic nitrogens is 3. The molecule has 1 aromatic carbocycles. The summed E-state index contributed by atoms with van der Waals surface area (Å²) >= 11 is 0. The van der Waals surface area contributed by atoms with Gasteiger partial charge in [-0.1, -0.05) is 30.3 Å². The molecule has 2 aromatic rings.